The van der Waals surface area contributed by atoms with Crippen LogP contribution in [0.2, 0.25) is 0 Å². The molecule has 3 fully saturated rings. The number of fused-ring (bicyclic) bond motifs is 1. The van der Waals surface area contributed by atoms with Crippen molar-refractivity contribution in [2.24, 2.45) is 11.8 Å². The Morgan fingerprint density at radius 2 is 2.36 bits per heavy atom. The van der Waals surface area contributed by atoms with Gasteiger partial charge in [-0.25, -0.2) is 4.98 Å². The molecular formula is C19H23N5O3S. The molecule has 9 heteroatoms. The molecule has 0 saturated carbocycles. The Hall–Kier alpha value is -2.26. The van der Waals surface area contributed by atoms with E-state index in [4.69, 9.17) is 9.47 Å². The maximum atomic E-state index is 12.5. The first kappa shape index (κ1) is 17.8. The van der Waals surface area contributed by atoms with E-state index in [-0.39, 0.29) is 17.6 Å². The van der Waals surface area contributed by atoms with E-state index < -0.39 is 0 Å². The average Bonchev–Trinajstić information content (AvgIpc) is 3.46. The minimum Gasteiger partial charge on any atom is -0.481 e. The van der Waals surface area contributed by atoms with Crippen molar-refractivity contribution in [3.8, 4) is 5.88 Å². The van der Waals surface area contributed by atoms with E-state index >= 15 is 0 Å². The number of aromatic nitrogens is 3. The maximum absolute atomic E-state index is 12.5. The number of aryl methyl sites for hydroxylation is 1. The average molecular weight is 401 g/mol. The highest BCUT2D eigenvalue weighted by atomic mass is 32.1. The summed E-state index contributed by atoms with van der Waals surface area (Å²) < 4.78 is 11.5. The Bertz CT molecular complexity index is 888. The predicted octanol–water partition coefficient (Wildman–Crippen LogP) is 1.66. The standard InChI is InChI=1S/C19H23N5O3S/c1-11-22-23-18(28-11)24-9-14-13(15-5-6-19(14,10-24)27-15)8-21-17(25)12-3-4-16(26-2)20-7-12/h3-4,7,13-15H,5-6,8-10H2,1-2H3,(H,21,25)/t13-,14+,15+,19+/m0/s1. The monoisotopic (exact) mass is 401 g/mol. The molecule has 2 aromatic heterocycles. The molecule has 3 saturated heterocycles. The lowest BCUT2D eigenvalue weighted by Crippen LogP contribution is -2.41. The summed E-state index contributed by atoms with van der Waals surface area (Å²) in [4.78, 5) is 18.9. The van der Waals surface area contributed by atoms with Gasteiger partial charge < -0.3 is 19.7 Å². The fourth-order valence-corrected chi connectivity index (χ4v) is 5.67. The fraction of sp³-hybridized carbons (Fsp3) is 0.579. The molecule has 0 aromatic carbocycles. The summed E-state index contributed by atoms with van der Waals surface area (Å²) in [7, 11) is 1.56. The van der Waals surface area contributed by atoms with E-state index in [1.807, 2.05) is 6.92 Å². The highest BCUT2D eigenvalue weighted by Gasteiger charge is 2.63. The SMILES string of the molecule is COc1ccc(C(=O)NC[C@H]2[C@H]3CN(c4nnc(C)s4)C[C@]34CC[C@H]2O4)cn1. The summed E-state index contributed by atoms with van der Waals surface area (Å²) in [5.74, 6) is 1.12. The number of carbonyl (C=O) groups is 1. The summed E-state index contributed by atoms with van der Waals surface area (Å²) in [6.07, 6.45) is 3.92. The van der Waals surface area contributed by atoms with Crippen LogP contribution in [-0.4, -0.2) is 59.5 Å². The van der Waals surface area contributed by atoms with E-state index in [9.17, 15) is 4.79 Å². The van der Waals surface area contributed by atoms with Crippen molar-refractivity contribution >= 4 is 22.4 Å². The molecule has 0 radical (unpaired) electrons. The van der Waals surface area contributed by atoms with E-state index in [0.29, 0.717) is 29.8 Å². The second-order valence-corrected chi connectivity index (χ2v) is 8.97. The predicted molar refractivity (Wildman–Crippen MR) is 104 cm³/mol. The number of rotatable bonds is 5. The van der Waals surface area contributed by atoms with Crippen LogP contribution in [0.3, 0.4) is 0 Å². The van der Waals surface area contributed by atoms with Gasteiger partial charge in [0.15, 0.2) is 0 Å². The first-order valence-corrected chi connectivity index (χ1v) is 10.4. The molecule has 28 heavy (non-hydrogen) atoms. The minimum atomic E-state index is -0.110. The molecule has 0 unspecified atom stereocenters. The maximum Gasteiger partial charge on any atom is 0.252 e. The van der Waals surface area contributed by atoms with Gasteiger partial charge >= 0.3 is 0 Å². The molecule has 1 N–H and O–H groups in total. The Morgan fingerprint density at radius 1 is 1.46 bits per heavy atom. The van der Waals surface area contributed by atoms with E-state index in [2.05, 4.69) is 25.4 Å². The van der Waals surface area contributed by atoms with Gasteiger partial charge in [-0.05, 0) is 25.8 Å². The zero-order valence-electron chi connectivity index (χ0n) is 15.9. The Morgan fingerprint density at radius 3 is 3.07 bits per heavy atom. The second-order valence-electron chi connectivity index (χ2n) is 7.81. The van der Waals surface area contributed by atoms with Crippen molar-refractivity contribution in [3.63, 3.8) is 0 Å². The second kappa shape index (κ2) is 6.66. The number of pyridine rings is 1. The van der Waals surface area contributed by atoms with Gasteiger partial charge in [-0.2, -0.15) is 0 Å². The lowest BCUT2D eigenvalue weighted by atomic mass is 9.73. The van der Waals surface area contributed by atoms with Gasteiger partial charge in [0.2, 0.25) is 11.0 Å². The lowest BCUT2D eigenvalue weighted by molar-refractivity contribution is 0.0141. The van der Waals surface area contributed by atoms with E-state index in [0.717, 1.165) is 36.1 Å². The van der Waals surface area contributed by atoms with Crippen LogP contribution in [0.1, 0.15) is 28.2 Å². The van der Waals surface area contributed by atoms with Crippen molar-refractivity contribution < 1.29 is 14.3 Å². The molecule has 4 atom stereocenters. The number of nitrogens with one attached hydrogen (secondary N) is 1. The first-order valence-electron chi connectivity index (χ1n) is 9.59. The summed E-state index contributed by atoms with van der Waals surface area (Å²) >= 11 is 1.63. The molecule has 1 amide bonds. The lowest BCUT2D eigenvalue weighted by Gasteiger charge is -2.29. The number of hydrogen-bond acceptors (Lipinski definition) is 8. The van der Waals surface area contributed by atoms with Crippen LogP contribution in [0.5, 0.6) is 5.88 Å². The summed E-state index contributed by atoms with van der Waals surface area (Å²) in [5.41, 5.74) is 0.443. The number of anilines is 1. The highest BCUT2D eigenvalue weighted by molar-refractivity contribution is 7.15. The molecule has 3 aliphatic heterocycles. The fourth-order valence-electron chi connectivity index (χ4n) is 4.97. The summed E-state index contributed by atoms with van der Waals surface area (Å²) in [6.45, 7) is 4.38. The molecule has 2 bridgehead atoms. The highest BCUT2D eigenvalue weighted by Crippen LogP contribution is 2.55. The van der Waals surface area contributed by atoms with Crippen molar-refractivity contribution in [1.82, 2.24) is 20.5 Å². The van der Waals surface area contributed by atoms with Gasteiger partial charge in [-0.15, -0.1) is 10.2 Å². The van der Waals surface area contributed by atoms with Crippen LogP contribution in [-0.2, 0) is 4.74 Å². The van der Waals surface area contributed by atoms with Gasteiger partial charge in [0.1, 0.15) is 5.01 Å². The van der Waals surface area contributed by atoms with Crippen LogP contribution in [0, 0.1) is 18.8 Å². The number of carbonyl (C=O) groups excluding carboxylic acids is 1. The van der Waals surface area contributed by atoms with Crippen molar-refractivity contribution in [2.75, 3.05) is 31.6 Å². The van der Waals surface area contributed by atoms with E-state index in [1.54, 1.807) is 36.8 Å². The first-order chi connectivity index (χ1) is 13.6. The minimum absolute atomic E-state index is 0.0959. The normalized spacial score (nSPS) is 30.5. The topological polar surface area (TPSA) is 89.5 Å². The smallest absolute Gasteiger partial charge is 0.252 e. The summed E-state index contributed by atoms with van der Waals surface area (Å²) in [5, 5.41) is 13.5. The van der Waals surface area contributed by atoms with Crippen LogP contribution in [0.25, 0.3) is 0 Å². The van der Waals surface area contributed by atoms with Gasteiger partial charge in [0, 0.05) is 43.7 Å². The van der Waals surface area contributed by atoms with Crippen LogP contribution < -0.4 is 15.0 Å². The van der Waals surface area contributed by atoms with E-state index in [1.165, 1.54) is 0 Å². The molecule has 3 aliphatic rings. The molecular weight excluding hydrogens is 378 g/mol. The number of hydrogen-bond donors (Lipinski definition) is 1. The van der Waals surface area contributed by atoms with Gasteiger partial charge in [-0.1, -0.05) is 11.3 Å². The number of nitrogens with zero attached hydrogens (tertiary/aromatic N) is 4. The molecule has 2 aromatic rings. The Balaban J connectivity index is 1.26. The molecule has 148 valence electrons. The van der Waals surface area contributed by atoms with Crippen molar-refractivity contribution in [3.05, 3.63) is 28.9 Å². The van der Waals surface area contributed by atoms with Gasteiger partial charge in [-0.3, -0.25) is 4.79 Å². The third-order valence-electron chi connectivity index (χ3n) is 6.28. The third kappa shape index (κ3) is 2.84. The number of methoxy groups -OCH3 is 1. The quantitative estimate of drug-likeness (QED) is 0.815. The van der Waals surface area contributed by atoms with Crippen LogP contribution >= 0.6 is 11.3 Å². The molecule has 0 aliphatic carbocycles. The molecule has 5 rings (SSSR count). The largest absolute Gasteiger partial charge is 0.481 e. The molecule has 5 heterocycles. The van der Waals surface area contributed by atoms with Crippen molar-refractivity contribution in [1.29, 1.82) is 0 Å². The number of amides is 1. The van der Waals surface area contributed by atoms with Crippen molar-refractivity contribution in [2.45, 2.75) is 31.5 Å². The summed E-state index contributed by atoms with van der Waals surface area (Å²) in [6, 6.07) is 3.43. The van der Waals surface area contributed by atoms with Gasteiger partial charge in [0.25, 0.3) is 5.91 Å². The number of ether oxygens (including phenoxy) is 2. The Labute approximate surface area is 167 Å². The zero-order chi connectivity index (χ0) is 19.3. The van der Waals surface area contributed by atoms with Crippen LogP contribution in [0.15, 0.2) is 18.3 Å². The zero-order valence-corrected chi connectivity index (χ0v) is 16.7. The Kier molecular flexibility index (Phi) is 4.24. The molecule has 8 nitrogen and oxygen atoms in total. The van der Waals surface area contributed by atoms with Crippen LogP contribution in [0.4, 0.5) is 5.13 Å². The van der Waals surface area contributed by atoms with Gasteiger partial charge in [0.05, 0.1) is 24.4 Å². The third-order valence-corrected chi connectivity index (χ3v) is 7.18. The molecule has 1 spiro atoms.